The fraction of sp³-hybridized carbons (Fsp3) is 0.538. The molecule has 96 valence electrons. The lowest BCUT2D eigenvalue weighted by Gasteiger charge is -2.14. The minimum atomic E-state index is -3.17. The topological polar surface area (TPSA) is 46.2 Å². The molecule has 0 heterocycles. The van der Waals surface area contributed by atoms with Gasteiger partial charge in [0.2, 0.25) is 10.0 Å². The molecule has 0 amide bonds. The lowest BCUT2D eigenvalue weighted by molar-refractivity contribution is 0.556. The molecular weight excluding hydrogens is 234 g/mol. The molecule has 1 rings (SSSR count). The Hall–Kier alpha value is -0.870. The highest BCUT2D eigenvalue weighted by Crippen LogP contribution is 2.16. The molecule has 0 bridgehead atoms. The van der Waals surface area contributed by atoms with Gasteiger partial charge in [-0.2, -0.15) is 0 Å². The number of nitrogens with one attached hydrogen (secondary N) is 1. The van der Waals surface area contributed by atoms with Crippen LogP contribution in [-0.2, 0) is 10.0 Å². The standard InChI is InChI=1S/C13H21NO2S/c1-11(2)9-14-17(15,16)10-12(3)13-7-5-4-6-8-13/h4-8,11-12,14H,9-10H2,1-3H3. The Labute approximate surface area is 104 Å². The Kier molecular flexibility index (Phi) is 5.15. The van der Waals surface area contributed by atoms with Crippen molar-refractivity contribution in [2.75, 3.05) is 12.3 Å². The predicted molar refractivity (Wildman–Crippen MR) is 71.5 cm³/mol. The normalized spacial score (nSPS) is 13.9. The molecule has 0 radical (unpaired) electrons. The van der Waals surface area contributed by atoms with E-state index in [0.717, 1.165) is 5.56 Å². The minimum absolute atomic E-state index is 0.0147. The maximum atomic E-state index is 11.8. The Balaban J connectivity index is 2.59. The lowest BCUT2D eigenvalue weighted by atomic mass is 10.0. The molecule has 0 saturated carbocycles. The molecule has 1 N–H and O–H groups in total. The first-order valence-electron chi connectivity index (χ1n) is 5.93. The van der Waals surface area contributed by atoms with Gasteiger partial charge in [0.1, 0.15) is 0 Å². The van der Waals surface area contributed by atoms with Gasteiger partial charge >= 0.3 is 0 Å². The molecule has 0 aromatic heterocycles. The van der Waals surface area contributed by atoms with E-state index in [4.69, 9.17) is 0 Å². The molecule has 0 spiro atoms. The van der Waals surface area contributed by atoms with Gasteiger partial charge in [-0.25, -0.2) is 13.1 Å². The zero-order valence-electron chi connectivity index (χ0n) is 10.7. The van der Waals surface area contributed by atoms with Crippen LogP contribution in [0.4, 0.5) is 0 Å². The van der Waals surface area contributed by atoms with E-state index in [1.54, 1.807) is 0 Å². The smallest absolute Gasteiger partial charge is 0.212 e. The minimum Gasteiger partial charge on any atom is -0.215 e. The van der Waals surface area contributed by atoms with Gasteiger partial charge in [-0.15, -0.1) is 0 Å². The Morgan fingerprint density at radius 2 is 1.71 bits per heavy atom. The number of benzene rings is 1. The summed E-state index contributed by atoms with van der Waals surface area (Å²) >= 11 is 0. The first-order valence-corrected chi connectivity index (χ1v) is 7.58. The van der Waals surface area contributed by atoms with Gasteiger partial charge in [0.05, 0.1) is 5.75 Å². The quantitative estimate of drug-likeness (QED) is 0.848. The highest BCUT2D eigenvalue weighted by molar-refractivity contribution is 7.89. The van der Waals surface area contributed by atoms with Crippen LogP contribution in [0.5, 0.6) is 0 Å². The van der Waals surface area contributed by atoms with Gasteiger partial charge in [0.15, 0.2) is 0 Å². The maximum Gasteiger partial charge on any atom is 0.212 e. The summed E-state index contributed by atoms with van der Waals surface area (Å²) in [6, 6.07) is 9.72. The monoisotopic (exact) mass is 255 g/mol. The van der Waals surface area contributed by atoms with Crippen molar-refractivity contribution >= 4 is 10.0 Å². The first-order chi connectivity index (χ1) is 7.91. The molecule has 0 fully saturated rings. The molecule has 1 atom stereocenters. The summed E-state index contributed by atoms with van der Waals surface area (Å²) in [5.74, 6) is 0.488. The van der Waals surface area contributed by atoms with Crippen LogP contribution in [0.2, 0.25) is 0 Å². The molecule has 0 saturated heterocycles. The Bertz CT molecular complexity index is 426. The van der Waals surface area contributed by atoms with Gasteiger partial charge in [-0.3, -0.25) is 0 Å². The lowest BCUT2D eigenvalue weighted by Crippen LogP contribution is -2.31. The van der Waals surface area contributed by atoms with Crippen molar-refractivity contribution in [2.24, 2.45) is 5.92 Å². The maximum absolute atomic E-state index is 11.8. The van der Waals surface area contributed by atoms with E-state index in [-0.39, 0.29) is 11.7 Å². The van der Waals surface area contributed by atoms with E-state index in [0.29, 0.717) is 12.5 Å². The van der Waals surface area contributed by atoms with Crippen LogP contribution in [0, 0.1) is 5.92 Å². The summed E-state index contributed by atoms with van der Waals surface area (Å²) in [7, 11) is -3.17. The summed E-state index contributed by atoms with van der Waals surface area (Å²) in [5, 5.41) is 0. The van der Waals surface area contributed by atoms with E-state index >= 15 is 0 Å². The van der Waals surface area contributed by atoms with Crippen molar-refractivity contribution in [3.63, 3.8) is 0 Å². The van der Waals surface area contributed by atoms with Gasteiger partial charge in [0, 0.05) is 6.54 Å². The average Bonchev–Trinajstić information content (AvgIpc) is 2.27. The zero-order valence-corrected chi connectivity index (χ0v) is 11.5. The van der Waals surface area contributed by atoms with Gasteiger partial charge < -0.3 is 0 Å². The fourth-order valence-corrected chi connectivity index (χ4v) is 3.12. The second kappa shape index (κ2) is 6.17. The van der Waals surface area contributed by atoms with Gasteiger partial charge in [0.25, 0.3) is 0 Å². The van der Waals surface area contributed by atoms with Crippen molar-refractivity contribution in [1.29, 1.82) is 0 Å². The first kappa shape index (κ1) is 14.2. The van der Waals surface area contributed by atoms with E-state index < -0.39 is 10.0 Å². The molecule has 4 heteroatoms. The fourth-order valence-electron chi connectivity index (χ4n) is 1.56. The second-order valence-corrected chi connectivity index (χ2v) is 6.69. The summed E-state index contributed by atoms with van der Waals surface area (Å²) in [6.45, 7) is 6.42. The number of rotatable bonds is 6. The third-order valence-electron chi connectivity index (χ3n) is 2.55. The summed E-state index contributed by atoms with van der Waals surface area (Å²) in [6.07, 6.45) is 0. The highest BCUT2D eigenvalue weighted by Gasteiger charge is 2.16. The van der Waals surface area contributed by atoms with Gasteiger partial charge in [-0.05, 0) is 17.4 Å². The van der Waals surface area contributed by atoms with Crippen LogP contribution >= 0.6 is 0 Å². The van der Waals surface area contributed by atoms with Crippen molar-refractivity contribution in [3.05, 3.63) is 35.9 Å². The molecule has 1 aromatic rings. The van der Waals surface area contributed by atoms with E-state index in [9.17, 15) is 8.42 Å². The number of hydrogen-bond donors (Lipinski definition) is 1. The van der Waals surface area contributed by atoms with Crippen LogP contribution in [0.15, 0.2) is 30.3 Å². The van der Waals surface area contributed by atoms with Crippen molar-refractivity contribution in [3.8, 4) is 0 Å². The van der Waals surface area contributed by atoms with Crippen LogP contribution in [-0.4, -0.2) is 20.7 Å². The molecule has 1 unspecified atom stereocenters. The molecule has 1 aromatic carbocycles. The predicted octanol–water partition coefficient (Wildman–Crippen LogP) is 2.37. The molecule has 3 nitrogen and oxygen atoms in total. The largest absolute Gasteiger partial charge is 0.215 e. The van der Waals surface area contributed by atoms with E-state index in [1.165, 1.54) is 0 Å². The van der Waals surface area contributed by atoms with Crippen molar-refractivity contribution in [1.82, 2.24) is 4.72 Å². The number of sulfonamides is 1. The summed E-state index contributed by atoms with van der Waals surface area (Å²) < 4.78 is 26.2. The average molecular weight is 255 g/mol. The van der Waals surface area contributed by atoms with Crippen LogP contribution < -0.4 is 4.72 Å². The Morgan fingerprint density at radius 1 is 1.12 bits per heavy atom. The van der Waals surface area contributed by atoms with E-state index in [1.807, 2.05) is 51.1 Å². The third kappa shape index (κ3) is 5.33. The van der Waals surface area contributed by atoms with Gasteiger partial charge in [-0.1, -0.05) is 51.1 Å². The number of hydrogen-bond acceptors (Lipinski definition) is 2. The highest BCUT2D eigenvalue weighted by atomic mass is 32.2. The molecule has 17 heavy (non-hydrogen) atoms. The van der Waals surface area contributed by atoms with Crippen molar-refractivity contribution in [2.45, 2.75) is 26.7 Å². The molecule has 0 aliphatic heterocycles. The molecule has 0 aliphatic rings. The SMILES string of the molecule is CC(C)CNS(=O)(=O)CC(C)c1ccccc1. The zero-order chi connectivity index (χ0) is 12.9. The van der Waals surface area contributed by atoms with Crippen LogP contribution in [0.1, 0.15) is 32.3 Å². The van der Waals surface area contributed by atoms with Crippen LogP contribution in [0.25, 0.3) is 0 Å². The second-order valence-electron chi connectivity index (χ2n) is 4.84. The summed E-state index contributed by atoms with van der Waals surface area (Å²) in [5.41, 5.74) is 1.06. The van der Waals surface area contributed by atoms with Crippen molar-refractivity contribution < 1.29 is 8.42 Å². The van der Waals surface area contributed by atoms with E-state index in [2.05, 4.69) is 4.72 Å². The molecule has 0 aliphatic carbocycles. The molecular formula is C13H21NO2S. The summed E-state index contributed by atoms with van der Waals surface area (Å²) in [4.78, 5) is 0. The van der Waals surface area contributed by atoms with Crippen LogP contribution in [0.3, 0.4) is 0 Å². The Morgan fingerprint density at radius 3 is 2.24 bits per heavy atom. The third-order valence-corrected chi connectivity index (χ3v) is 4.09.